The van der Waals surface area contributed by atoms with Crippen LogP contribution in [0.3, 0.4) is 0 Å². The van der Waals surface area contributed by atoms with Crippen molar-refractivity contribution in [2.45, 2.75) is 31.8 Å². The average molecular weight is 430 g/mol. The largest absolute Gasteiger partial charge is 0.411 e. The monoisotopic (exact) mass is 429 g/mol. The summed E-state index contributed by atoms with van der Waals surface area (Å²) < 4.78 is 44.7. The van der Waals surface area contributed by atoms with Gasteiger partial charge in [0, 0.05) is 27.5 Å². The van der Waals surface area contributed by atoms with Crippen LogP contribution in [0, 0.1) is 13.8 Å². The van der Waals surface area contributed by atoms with Crippen LogP contribution in [0.5, 0.6) is 0 Å². The number of thioether (sulfide) groups is 1. The van der Waals surface area contributed by atoms with Gasteiger partial charge in [0.15, 0.2) is 5.78 Å². The molecule has 0 N–H and O–H groups in total. The molecule has 1 aromatic carbocycles. The number of aryl methyl sites for hydroxylation is 1. The number of hydrogen-bond donors (Lipinski definition) is 0. The molecule has 0 bridgehead atoms. The van der Waals surface area contributed by atoms with Crippen molar-refractivity contribution >= 4 is 29.1 Å². The van der Waals surface area contributed by atoms with Gasteiger partial charge in [-0.2, -0.15) is 13.2 Å². The zero-order valence-corrected chi connectivity index (χ0v) is 16.5. The third-order valence-electron chi connectivity index (χ3n) is 4.04. The fourth-order valence-corrected chi connectivity index (χ4v) is 3.46. The summed E-state index contributed by atoms with van der Waals surface area (Å²) in [7, 11) is 0. The molecule has 5 nitrogen and oxygen atoms in total. The topological polar surface area (TPSA) is 60.9 Å². The van der Waals surface area contributed by atoms with Crippen molar-refractivity contribution in [3.8, 4) is 11.5 Å². The van der Waals surface area contributed by atoms with Crippen LogP contribution in [0.2, 0.25) is 5.02 Å². The molecule has 0 aliphatic heterocycles. The van der Waals surface area contributed by atoms with Crippen molar-refractivity contribution < 1.29 is 22.4 Å². The number of aromatic nitrogens is 3. The lowest BCUT2D eigenvalue weighted by molar-refractivity contribution is -0.141. The second-order valence-electron chi connectivity index (χ2n) is 6.08. The van der Waals surface area contributed by atoms with E-state index in [1.54, 1.807) is 31.2 Å². The van der Waals surface area contributed by atoms with Gasteiger partial charge in [-0.15, -0.1) is 10.2 Å². The van der Waals surface area contributed by atoms with Gasteiger partial charge in [0.2, 0.25) is 5.89 Å². The lowest BCUT2D eigenvalue weighted by atomic mass is 10.2. The van der Waals surface area contributed by atoms with Crippen LogP contribution in [-0.4, -0.2) is 32.5 Å². The summed E-state index contributed by atoms with van der Waals surface area (Å²) in [4.78, 5) is 12.5. The van der Waals surface area contributed by atoms with Gasteiger partial charge in [0.05, 0.1) is 5.75 Å². The van der Waals surface area contributed by atoms with Crippen LogP contribution >= 0.6 is 23.4 Å². The highest BCUT2D eigenvalue weighted by Crippen LogP contribution is 2.27. The zero-order chi connectivity index (χ0) is 20.5. The molecular weight excluding hydrogens is 415 g/mol. The number of alkyl halides is 3. The van der Waals surface area contributed by atoms with Crippen LogP contribution in [0.4, 0.5) is 13.2 Å². The summed E-state index contributed by atoms with van der Waals surface area (Å²) in [5.74, 6) is -0.0498. The molecular formula is C18H15ClF3N3O2S. The van der Waals surface area contributed by atoms with E-state index in [4.69, 9.17) is 16.0 Å². The molecule has 0 aliphatic rings. The van der Waals surface area contributed by atoms with E-state index in [0.717, 1.165) is 16.3 Å². The number of carbonyl (C=O) groups is 1. The van der Waals surface area contributed by atoms with Crippen molar-refractivity contribution in [1.29, 1.82) is 0 Å². The van der Waals surface area contributed by atoms with Crippen LogP contribution in [0.15, 0.2) is 40.0 Å². The predicted molar refractivity (Wildman–Crippen MR) is 99.8 cm³/mol. The van der Waals surface area contributed by atoms with Crippen molar-refractivity contribution in [1.82, 2.24) is 14.8 Å². The standard InChI is InChI=1S/C18H15ClF3N3O2S/c1-10-7-14(11(2)25(10)9-18(20,21)22)15(26)8-28-17-24-23-16(27-17)12-3-5-13(19)6-4-12/h3-7H,8-9H2,1-2H3. The Balaban J connectivity index is 1.68. The fraction of sp³-hybridized carbons (Fsp3) is 0.278. The van der Waals surface area contributed by atoms with Gasteiger partial charge < -0.3 is 8.98 Å². The molecule has 2 heterocycles. The molecule has 0 amide bonds. The van der Waals surface area contributed by atoms with Gasteiger partial charge in [-0.05, 0) is 44.2 Å². The van der Waals surface area contributed by atoms with E-state index in [0.29, 0.717) is 16.3 Å². The Morgan fingerprint density at radius 2 is 1.89 bits per heavy atom. The zero-order valence-electron chi connectivity index (χ0n) is 14.9. The van der Waals surface area contributed by atoms with Crippen LogP contribution in [-0.2, 0) is 6.54 Å². The number of carbonyl (C=O) groups excluding carboxylic acids is 1. The molecule has 3 rings (SSSR count). The van der Waals surface area contributed by atoms with Crippen LogP contribution in [0.1, 0.15) is 21.7 Å². The Morgan fingerprint density at radius 1 is 1.21 bits per heavy atom. The normalized spacial score (nSPS) is 11.8. The van der Waals surface area contributed by atoms with Gasteiger partial charge in [-0.1, -0.05) is 23.4 Å². The maximum atomic E-state index is 12.7. The SMILES string of the molecule is Cc1cc(C(=O)CSc2nnc(-c3ccc(Cl)cc3)o2)c(C)n1CC(F)(F)F. The minimum Gasteiger partial charge on any atom is -0.411 e. The smallest absolute Gasteiger partial charge is 0.406 e. The predicted octanol–water partition coefficient (Wildman–Crippen LogP) is 5.35. The molecule has 148 valence electrons. The highest BCUT2D eigenvalue weighted by Gasteiger charge is 2.30. The molecule has 0 aliphatic carbocycles. The summed E-state index contributed by atoms with van der Waals surface area (Å²) >= 11 is 6.87. The minimum absolute atomic E-state index is 0.0292. The van der Waals surface area contributed by atoms with Gasteiger partial charge in [-0.3, -0.25) is 4.79 Å². The number of nitrogens with zero attached hydrogens (tertiary/aromatic N) is 3. The highest BCUT2D eigenvalue weighted by atomic mass is 35.5. The molecule has 28 heavy (non-hydrogen) atoms. The molecule has 0 unspecified atom stereocenters. The van der Waals surface area contributed by atoms with Gasteiger partial charge in [-0.25, -0.2) is 0 Å². The Bertz CT molecular complexity index is 997. The van der Waals surface area contributed by atoms with E-state index in [-0.39, 0.29) is 33.9 Å². The number of Topliss-reactive ketones (excluding diaryl/α,β-unsaturated/α-hetero) is 1. The molecule has 3 aromatic rings. The van der Waals surface area contributed by atoms with Crippen LogP contribution in [0.25, 0.3) is 11.5 Å². The molecule has 0 saturated heterocycles. The first-order chi connectivity index (χ1) is 13.1. The summed E-state index contributed by atoms with van der Waals surface area (Å²) in [6.07, 6.45) is -4.36. The molecule has 0 atom stereocenters. The second kappa shape index (κ2) is 8.00. The number of benzene rings is 1. The van der Waals surface area contributed by atoms with E-state index in [1.807, 2.05) is 0 Å². The Labute approximate surface area is 167 Å². The molecule has 2 aromatic heterocycles. The third-order valence-corrected chi connectivity index (χ3v) is 5.11. The summed E-state index contributed by atoms with van der Waals surface area (Å²) in [5, 5.41) is 8.58. The lowest BCUT2D eigenvalue weighted by Gasteiger charge is -2.12. The number of hydrogen-bond acceptors (Lipinski definition) is 5. The van der Waals surface area contributed by atoms with Crippen molar-refractivity contribution in [3.05, 3.63) is 52.3 Å². The minimum atomic E-state index is -4.36. The fourth-order valence-electron chi connectivity index (χ4n) is 2.69. The summed E-state index contributed by atoms with van der Waals surface area (Å²) in [5.41, 5.74) is 1.61. The molecule has 0 saturated carbocycles. The van der Waals surface area contributed by atoms with E-state index in [2.05, 4.69) is 10.2 Å². The van der Waals surface area contributed by atoms with Gasteiger partial charge in [0.1, 0.15) is 6.54 Å². The Hall–Kier alpha value is -2.26. The molecule has 0 radical (unpaired) electrons. The quantitative estimate of drug-likeness (QED) is 0.390. The third kappa shape index (κ3) is 4.77. The van der Waals surface area contributed by atoms with Gasteiger partial charge >= 0.3 is 6.18 Å². The maximum absolute atomic E-state index is 12.7. The maximum Gasteiger partial charge on any atom is 0.406 e. The number of ketones is 1. The molecule has 0 spiro atoms. The number of rotatable bonds is 6. The highest BCUT2D eigenvalue weighted by molar-refractivity contribution is 7.99. The van der Waals surface area contributed by atoms with Crippen molar-refractivity contribution in [2.24, 2.45) is 0 Å². The van der Waals surface area contributed by atoms with Gasteiger partial charge in [0.25, 0.3) is 5.22 Å². The van der Waals surface area contributed by atoms with E-state index >= 15 is 0 Å². The van der Waals surface area contributed by atoms with Crippen molar-refractivity contribution in [2.75, 3.05) is 5.75 Å². The molecule has 0 fully saturated rings. The first kappa shape index (κ1) is 20.5. The lowest BCUT2D eigenvalue weighted by Crippen LogP contribution is -2.19. The van der Waals surface area contributed by atoms with Crippen molar-refractivity contribution in [3.63, 3.8) is 0 Å². The number of halogens is 4. The van der Waals surface area contributed by atoms with Crippen LogP contribution < -0.4 is 0 Å². The van der Waals surface area contributed by atoms with E-state index in [9.17, 15) is 18.0 Å². The first-order valence-electron chi connectivity index (χ1n) is 8.13. The first-order valence-corrected chi connectivity index (χ1v) is 9.49. The Morgan fingerprint density at radius 3 is 2.54 bits per heavy atom. The van der Waals surface area contributed by atoms with E-state index < -0.39 is 12.7 Å². The van der Waals surface area contributed by atoms with E-state index in [1.165, 1.54) is 13.0 Å². The summed E-state index contributed by atoms with van der Waals surface area (Å²) in [6.45, 7) is 1.92. The summed E-state index contributed by atoms with van der Waals surface area (Å²) in [6, 6.07) is 8.30. The average Bonchev–Trinajstić information content (AvgIpc) is 3.19. The molecule has 10 heteroatoms. The second-order valence-corrected chi connectivity index (χ2v) is 7.44. The Kier molecular flexibility index (Phi) is 5.85.